The average molecular weight is 287 g/mol. The van der Waals surface area contributed by atoms with Crippen LogP contribution in [0.25, 0.3) is 0 Å². The maximum absolute atomic E-state index is 11.6. The molecule has 1 amide bonds. The monoisotopic (exact) mass is 286 g/mol. The van der Waals surface area contributed by atoms with E-state index >= 15 is 0 Å². The lowest BCUT2D eigenvalue weighted by Crippen LogP contribution is -2.52. The Morgan fingerprint density at radius 3 is 2.29 bits per heavy atom. The van der Waals surface area contributed by atoms with Gasteiger partial charge in [0.15, 0.2) is 9.84 Å². The molecule has 0 heterocycles. The minimum atomic E-state index is -3.03. The van der Waals surface area contributed by atoms with E-state index in [2.05, 4.69) is 5.32 Å². The van der Waals surface area contributed by atoms with E-state index in [1.54, 1.807) is 13.8 Å². The van der Waals surface area contributed by atoms with E-state index < -0.39 is 15.4 Å². The lowest BCUT2D eigenvalue weighted by atomic mass is 9.97. The highest BCUT2D eigenvalue weighted by molar-refractivity contribution is 7.91. The van der Waals surface area contributed by atoms with E-state index in [0.29, 0.717) is 6.42 Å². The van der Waals surface area contributed by atoms with Crippen LogP contribution in [0.5, 0.6) is 0 Å². The summed E-state index contributed by atoms with van der Waals surface area (Å²) in [7, 11) is -3.03. The van der Waals surface area contributed by atoms with Gasteiger partial charge >= 0.3 is 0 Å². The minimum Gasteiger partial charge on any atom is -0.353 e. The normalized spacial score (nSPS) is 14.6. The van der Waals surface area contributed by atoms with Crippen molar-refractivity contribution >= 4 is 28.2 Å². The highest BCUT2D eigenvalue weighted by atomic mass is 35.5. The van der Waals surface area contributed by atoms with Gasteiger partial charge in [-0.05, 0) is 13.3 Å². The van der Waals surface area contributed by atoms with Crippen LogP contribution in [0.1, 0.15) is 33.6 Å². The summed E-state index contributed by atoms with van der Waals surface area (Å²) < 4.78 is 22.3. The summed E-state index contributed by atoms with van der Waals surface area (Å²) in [6, 6.07) is 0. The van der Waals surface area contributed by atoms with Crippen molar-refractivity contribution in [1.82, 2.24) is 5.32 Å². The summed E-state index contributed by atoms with van der Waals surface area (Å²) in [5.74, 6) is -0.226. The van der Waals surface area contributed by atoms with Gasteiger partial charge in [-0.3, -0.25) is 4.79 Å². The molecule has 0 aliphatic carbocycles. The summed E-state index contributed by atoms with van der Waals surface area (Å²) in [4.78, 5) is 11.6. The quantitative estimate of drug-likeness (QED) is 0.712. The van der Waals surface area contributed by atoms with Gasteiger partial charge < -0.3 is 11.1 Å². The molecule has 0 rings (SSSR count). The third-order valence-corrected chi connectivity index (χ3v) is 4.13. The summed E-state index contributed by atoms with van der Waals surface area (Å²) in [5, 5.41) is 2.56. The van der Waals surface area contributed by atoms with Crippen LogP contribution in [0, 0.1) is 0 Å². The number of carbonyl (C=O) groups is 1. The van der Waals surface area contributed by atoms with Crippen LogP contribution in [0.2, 0.25) is 0 Å². The van der Waals surface area contributed by atoms with Gasteiger partial charge in [-0.2, -0.15) is 0 Å². The van der Waals surface area contributed by atoms with Crippen LogP contribution in [-0.2, 0) is 14.6 Å². The lowest BCUT2D eigenvalue weighted by Gasteiger charge is -2.22. The van der Waals surface area contributed by atoms with Crippen molar-refractivity contribution in [3.05, 3.63) is 0 Å². The van der Waals surface area contributed by atoms with Gasteiger partial charge in [-0.1, -0.05) is 20.3 Å². The van der Waals surface area contributed by atoms with E-state index in [1.807, 2.05) is 6.92 Å². The Labute approximate surface area is 110 Å². The molecule has 0 saturated heterocycles. The zero-order valence-corrected chi connectivity index (χ0v) is 12.3. The first kappa shape index (κ1) is 19.0. The van der Waals surface area contributed by atoms with Crippen molar-refractivity contribution in [2.45, 2.75) is 39.2 Å². The number of halogens is 1. The van der Waals surface area contributed by atoms with Gasteiger partial charge in [0.1, 0.15) is 0 Å². The van der Waals surface area contributed by atoms with Crippen LogP contribution >= 0.6 is 12.4 Å². The summed E-state index contributed by atoms with van der Waals surface area (Å²) in [5.41, 5.74) is 4.88. The van der Waals surface area contributed by atoms with Crippen molar-refractivity contribution < 1.29 is 13.2 Å². The smallest absolute Gasteiger partial charge is 0.239 e. The summed E-state index contributed by atoms with van der Waals surface area (Å²) in [6.07, 6.45) is 1.40. The zero-order valence-electron chi connectivity index (χ0n) is 10.7. The highest BCUT2D eigenvalue weighted by Gasteiger charge is 2.26. The molecule has 17 heavy (non-hydrogen) atoms. The zero-order chi connectivity index (χ0) is 12.8. The number of hydrogen-bond donors (Lipinski definition) is 2. The molecule has 104 valence electrons. The SMILES string of the molecule is CCCC(C)(N)C(=O)NCCS(=O)(=O)CC.Cl. The van der Waals surface area contributed by atoms with Gasteiger partial charge in [0.05, 0.1) is 11.3 Å². The number of nitrogens with one attached hydrogen (secondary N) is 1. The number of sulfone groups is 1. The van der Waals surface area contributed by atoms with Crippen molar-refractivity contribution in [2.75, 3.05) is 18.1 Å². The van der Waals surface area contributed by atoms with Crippen LogP contribution in [0.4, 0.5) is 0 Å². The van der Waals surface area contributed by atoms with E-state index in [4.69, 9.17) is 5.73 Å². The van der Waals surface area contributed by atoms with Gasteiger partial charge in [0.25, 0.3) is 0 Å². The average Bonchev–Trinajstić information content (AvgIpc) is 2.17. The standard InChI is InChI=1S/C10H22N2O3S.ClH/c1-4-6-10(3,11)9(13)12-7-8-16(14,15)5-2;/h4-8,11H2,1-3H3,(H,12,13);1H. The molecule has 0 radical (unpaired) electrons. The van der Waals surface area contributed by atoms with E-state index in [1.165, 1.54) is 0 Å². The fraction of sp³-hybridized carbons (Fsp3) is 0.900. The van der Waals surface area contributed by atoms with Crippen molar-refractivity contribution in [1.29, 1.82) is 0 Å². The van der Waals surface area contributed by atoms with Crippen molar-refractivity contribution in [3.8, 4) is 0 Å². The van der Waals surface area contributed by atoms with Crippen LogP contribution < -0.4 is 11.1 Å². The molecular weight excluding hydrogens is 264 g/mol. The van der Waals surface area contributed by atoms with Crippen LogP contribution in [0.3, 0.4) is 0 Å². The molecule has 5 nitrogen and oxygen atoms in total. The third-order valence-electron chi connectivity index (χ3n) is 2.43. The molecule has 0 saturated carbocycles. The van der Waals surface area contributed by atoms with Gasteiger partial charge in [-0.15, -0.1) is 12.4 Å². The number of nitrogens with two attached hydrogens (primary N) is 1. The number of hydrogen-bond acceptors (Lipinski definition) is 4. The Morgan fingerprint density at radius 1 is 1.35 bits per heavy atom. The second kappa shape index (κ2) is 7.89. The molecule has 0 fully saturated rings. The molecule has 0 bridgehead atoms. The molecule has 0 aliphatic rings. The first-order chi connectivity index (χ1) is 7.25. The summed E-state index contributed by atoms with van der Waals surface area (Å²) in [6.45, 7) is 5.31. The molecule has 1 atom stereocenters. The van der Waals surface area contributed by atoms with Crippen LogP contribution in [0.15, 0.2) is 0 Å². The summed E-state index contributed by atoms with van der Waals surface area (Å²) >= 11 is 0. The van der Waals surface area contributed by atoms with E-state index in [-0.39, 0.29) is 36.4 Å². The Morgan fingerprint density at radius 2 is 1.88 bits per heavy atom. The maximum Gasteiger partial charge on any atom is 0.239 e. The first-order valence-electron chi connectivity index (χ1n) is 5.52. The fourth-order valence-electron chi connectivity index (χ4n) is 1.30. The van der Waals surface area contributed by atoms with Gasteiger partial charge in [0, 0.05) is 12.3 Å². The van der Waals surface area contributed by atoms with Gasteiger partial charge in [-0.25, -0.2) is 8.42 Å². The molecular formula is C10H23ClN2O3S. The number of rotatable bonds is 7. The molecule has 3 N–H and O–H groups in total. The molecule has 0 aromatic heterocycles. The highest BCUT2D eigenvalue weighted by Crippen LogP contribution is 2.07. The predicted molar refractivity (Wildman–Crippen MR) is 72.1 cm³/mol. The first-order valence-corrected chi connectivity index (χ1v) is 7.35. The van der Waals surface area contributed by atoms with E-state index in [0.717, 1.165) is 6.42 Å². The second-order valence-corrected chi connectivity index (χ2v) is 6.63. The van der Waals surface area contributed by atoms with Crippen molar-refractivity contribution in [3.63, 3.8) is 0 Å². The molecule has 0 aliphatic heterocycles. The molecule has 0 aromatic carbocycles. The molecule has 0 aromatic rings. The Balaban J connectivity index is 0. The fourth-order valence-corrected chi connectivity index (χ4v) is 2.00. The molecule has 1 unspecified atom stereocenters. The number of amides is 1. The number of carbonyl (C=O) groups excluding carboxylic acids is 1. The van der Waals surface area contributed by atoms with E-state index in [9.17, 15) is 13.2 Å². The molecule has 7 heteroatoms. The lowest BCUT2D eigenvalue weighted by molar-refractivity contribution is -0.125. The van der Waals surface area contributed by atoms with Gasteiger partial charge in [0.2, 0.25) is 5.91 Å². The largest absolute Gasteiger partial charge is 0.353 e. The minimum absolute atomic E-state index is 0. The maximum atomic E-state index is 11.6. The Bertz CT molecular complexity index is 328. The third kappa shape index (κ3) is 7.57. The Kier molecular flexibility index (Phi) is 8.83. The molecule has 0 spiro atoms. The van der Waals surface area contributed by atoms with Crippen LogP contribution in [-0.4, -0.2) is 37.9 Å². The second-order valence-electron chi connectivity index (χ2n) is 4.16. The van der Waals surface area contributed by atoms with Crippen molar-refractivity contribution in [2.24, 2.45) is 5.73 Å². The predicted octanol–water partition coefficient (Wildman–Crippen LogP) is 0.477. The Hall–Kier alpha value is -0.330. The topological polar surface area (TPSA) is 89.3 Å².